The summed E-state index contributed by atoms with van der Waals surface area (Å²) in [5.74, 6) is 2.07. The summed E-state index contributed by atoms with van der Waals surface area (Å²) in [4.78, 5) is 0. The highest BCUT2D eigenvalue weighted by Gasteiger charge is 2.15. The first kappa shape index (κ1) is 14.3. The summed E-state index contributed by atoms with van der Waals surface area (Å²) in [6, 6.07) is 0. The quantitative estimate of drug-likeness (QED) is 0.660. The van der Waals surface area contributed by atoms with Gasteiger partial charge in [0.25, 0.3) is 0 Å². The van der Waals surface area contributed by atoms with Crippen molar-refractivity contribution < 1.29 is 0 Å². The Bertz CT molecular complexity index is 143. The van der Waals surface area contributed by atoms with Gasteiger partial charge in [-0.25, -0.2) is 0 Å². The van der Waals surface area contributed by atoms with Crippen LogP contribution in [0.5, 0.6) is 0 Å². The molecule has 1 unspecified atom stereocenters. The van der Waals surface area contributed by atoms with Crippen LogP contribution in [0.3, 0.4) is 0 Å². The molecule has 0 aromatic carbocycles. The zero-order valence-corrected chi connectivity index (χ0v) is 11.3. The van der Waals surface area contributed by atoms with Gasteiger partial charge in [-0.3, -0.25) is 0 Å². The zero-order valence-electron chi connectivity index (χ0n) is 10.5. The molecular weight excluding hydrogens is 190 g/mol. The van der Waals surface area contributed by atoms with Gasteiger partial charge in [-0.15, -0.1) is 0 Å². The van der Waals surface area contributed by atoms with Crippen LogP contribution in [0.4, 0.5) is 0 Å². The maximum atomic E-state index is 5.69. The second kappa shape index (κ2) is 6.73. The molecule has 1 atom stereocenters. The fourth-order valence-corrected chi connectivity index (χ4v) is 2.18. The molecular formula is C12H27NS. The smallest absolute Gasteiger partial charge is 0.00417 e. The van der Waals surface area contributed by atoms with Gasteiger partial charge in [0.05, 0.1) is 0 Å². The van der Waals surface area contributed by atoms with E-state index >= 15 is 0 Å². The molecule has 0 radical (unpaired) electrons. The van der Waals surface area contributed by atoms with E-state index in [9.17, 15) is 0 Å². The first-order valence-electron chi connectivity index (χ1n) is 5.71. The molecule has 0 aliphatic carbocycles. The van der Waals surface area contributed by atoms with Crippen molar-refractivity contribution in [1.29, 1.82) is 0 Å². The Labute approximate surface area is 94.2 Å². The van der Waals surface area contributed by atoms with Gasteiger partial charge in [0.15, 0.2) is 0 Å². The second-order valence-electron chi connectivity index (χ2n) is 5.29. The van der Waals surface area contributed by atoms with Crippen molar-refractivity contribution in [3.05, 3.63) is 0 Å². The minimum Gasteiger partial charge on any atom is -0.330 e. The van der Waals surface area contributed by atoms with E-state index in [1.807, 2.05) is 0 Å². The highest BCUT2D eigenvalue weighted by molar-refractivity contribution is 7.99. The maximum absolute atomic E-state index is 5.69. The lowest BCUT2D eigenvalue weighted by atomic mass is 9.88. The van der Waals surface area contributed by atoms with Crippen LogP contribution in [0.1, 0.15) is 47.5 Å². The van der Waals surface area contributed by atoms with Crippen LogP contribution >= 0.6 is 11.8 Å². The van der Waals surface area contributed by atoms with Gasteiger partial charge in [0, 0.05) is 5.25 Å². The van der Waals surface area contributed by atoms with E-state index < -0.39 is 0 Å². The van der Waals surface area contributed by atoms with E-state index in [0.717, 1.165) is 17.7 Å². The van der Waals surface area contributed by atoms with Crippen molar-refractivity contribution >= 4 is 11.8 Å². The third kappa shape index (κ3) is 6.72. The van der Waals surface area contributed by atoms with Crippen molar-refractivity contribution in [2.75, 3.05) is 12.3 Å². The Morgan fingerprint density at radius 1 is 1.21 bits per heavy atom. The molecule has 0 aliphatic rings. The lowest BCUT2D eigenvalue weighted by Gasteiger charge is -2.22. The summed E-state index contributed by atoms with van der Waals surface area (Å²) in [6.07, 6.45) is 2.55. The van der Waals surface area contributed by atoms with Crippen molar-refractivity contribution in [3.63, 3.8) is 0 Å². The van der Waals surface area contributed by atoms with E-state index in [4.69, 9.17) is 5.73 Å². The maximum Gasteiger partial charge on any atom is 0.00417 e. The van der Waals surface area contributed by atoms with E-state index in [-0.39, 0.29) is 0 Å². The van der Waals surface area contributed by atoms with Crippen LogP contribution in [-0.2, 0) is 0 Å². The van der Waals surface area contributed by atoms with Crippen LogP contribution in [0.2, 0.25) is 0 Å². The van der Waals surface area contributed by atoms with Gasteiger partial charge >= 0.3 is 0 Å². The molecule has 0 bridgehead atoms. The van der Waals surface area contributed by atoms with E-state index in [2.05, 4.69) is 46.4 Å². The molecule has 14 heavy (non-hydrogen) atoms. The van der Waals surface area contributed by atoms with Crippen LogP contribution in [0.25, 0.3) is 0 Å². The predicted octanol–water partition coefficient (Wildman–Crippen LogP) is 3.53. The summed E-state index contributed by atoms with van der Waals surface area (Å²) in [5, 5.41) is 0.788. The third-order valence-corrected chi connectivity index (χ3v) is 4.46. The minimum absolute atomic E-state index is 0.335. The SMILES string of the molecule is CC(C)C(C)SCCCC(C)(C)CN. The van der Waals surface area contributed by atoms with Crippen LogP contribution < -0.4 is 5.73 Å². The van der Waals surface area contributed by atoms with E-state index in [0.29, 0.717) is 5.41 Å². The Morgan fingerprint density at radius 3 is 2.21 bits per heavy atom. The van der Waals surface area contributed by atoms with Gasteiger partial charge < -0.3 is 5.73 Å². The van der Waals surface area contributed by atoms with Crippen LogP contribution in [0, 0.1) is 11.3 Å². The highest BCUT2D eigenvalue weighted by atomic mass is 32.2. The van der Waals surface area contributed by atoms with Gasteiger partial charge in [-0.1, -0.05) is 34.6 Å². The summed E-state index contributed by atoms with van der Waals surface area (Å²) in [6.45, 7) is 12.2. The van der Waals surface area contributed by atoms with E-state index in [1.165, 1.54) is 18.6 Å². The first-order valence-corrected chi connectivity index (χ1v) is 6.75. The third-order valence-electron chi connectivity index (χ3n) is 2.87. The van der Waals surface area contributed by atoms with Gasteiger partial charge in [0.1, 0.15) is 0 Å². The monoisotopic (exact) mass is 217 g/mol. The number of nitrogens with two attached hydrogens (primary N) is 1. The Kier molecular flexibility index (Phi) is 6.88. The fourth-order valence-electron chi connectivity index (χ4n) is 1.11. The molecule has 0 aliphatic heterocycles. The number of rotatable bonds is 7. The molecule has 0 saturated carbocycles. The molecule has 2 N–H and O–H groups in total. The molecule has 0 aromatic rings. The van der Waals surface area contributed by atoms with Crippen molar-refractivity contribution in [2.24, 2.45) is 17.1 Å². The fraction of sp³-hybridized carbons (Fsp3) is 1.00. The minimum atomic E-state index is 0.335. The Hall–Kier alpha value is 0.310. The highest BCUT2D eigenvalue weighted by Crippen LogP contribution is 2.24. The Morgan fingerprint density at radius 2 is 1.79 bits per heavy atom. The standard InChI is InChI=1S/C12H27NS/c1-10(2)11(3)14-8-6-7-12(4,5)9-13/h10-11H,6-9,13H2,1-5H3. The average Bonchev–Trinajstić information content (AvgIpc) is 2.12. The van der Waals surface area contributed by atoms with Gasteiger partial charge in [0.2, 0.25) is 0 Å². The first-order chi connectivity index (χ1) is 6.39. The summed E-state index contributed by atoms with van der Waals surface area (Å²) in [7, 11) is 0. The molecule has 0 heterocycles. The molecule has 0 fully saturated rings. The van der Waals surface area contributed by atoms with Crippen molar-refractivity contribution in [3.8, 4) is 0 Å². The topological polar surface area (TPSA) is 26.0 Å². The normalized spacial score (nSPS) is 14.8. The number of thioether (sulfide) groups is 1. The molecule has 0 aromatic heterocycles. The van der Waals surface area contributed by atoms with Gasteiger partial charge in [-0.05, 0) is 36.5 Å². The second-order valence-corrected chi connectivity index (χ2v) is 6.78. The van der Waals surface area contributed by atoms with Gasteiger partial charge in [-0.2, -0.15) is 11.8 Å². The molecule has 0 saturated heterocycles. The van der Waals surface area contributed by atoms with Crippen molar-refractivity contribution in [1.82, 2.24) is 0 Å². The van der Waals surface area contributed by atoms with Crippen molar-refractivity contribution in [2.45, 2.75) is 52.7 Å². The Balaban J connectivity index is 3.47. The molecule has 2 heteroatoms. The molecule has 0 rings (SSSR count). The van der Waals surface area contributed by atoms with E-state index in [1.54, 1.807) is 0 Å². The summed E-state index contributed by atoms with van der Waals surface area (Å²) >= 11 is 2.09. The molecule has 1 nitrogen and oxygen atoms in total. The zero-order chi connectivity index (χ0) is 11.2. The average molecular weight is 217 g/mol. The lowest BCUT2D eigenvalue weighted by Crippen LogP contribution is -2.23. The molecule has 86 valence electrons. The predicted molar refractivity (Wildman–Crippen MR) is 68.8 cm³/mol. The number of hydrogen-bond donors (Lipinski definition) is 1. The lowest BCUT2D eigenvalue weighted by molar-refractivity contribution is 0.345. The molecule has 0 spiro atoms. The largest absolute Gasteiger partial charge is 0.330 e. The van der Waals surface area contributed by atoms with Crippen LogP contribution in [-0.4, -0.2) is 17.5 Å². The summed E-state index contributed by atoms with van der Waals surface area (Å²) < 4.78 is 0. The van der Waals surface area contributed by atoms with Crippen LogP contribution in [0.15, 0.2) is 0 Å². The molecule has 0 amide bonds. The number of hydrogen-bond acceptors (Lipinski definition) is 2. The summed E-state index contributed by atoms with van der Waals surface area (Å²) in [5.41, 5.74) is 6.02.